The summed E-state index contributed by atoms with van der Waals surface area (Å²) in [6.07, 6.45) is 5.82. The third-order valence-electron chi connectivity index (χ3n) is 5.86. The molecule has 8 nitrogen and oxygen atoms in total. The van der Waals surface area contributed by atoms with Crippen LogP contribution < -0.4 is 10.2 Å². The van der Waals surface area contributed by atoms with Crippen LogP contribution in [0.1, 0.15) is 30.1 Å². The van der Waals surface area contributed by atoms with Crippen molar-refractivity contribution in [2.24, 2.45) is 0 Å². The van der Waals surface area contributed by atoms with Crippen molar-refractivity contribution in [2.45, 2.75) is 25.8 Å². The van der Waals surface area contributed by atoms with Gasteiger partial charge in [0.1, 0.15) is 18.0 Å². The van der Waals surface area contributed by atoms with Crippen molar-refractivity contribution in [2.75, 3.05) is 23.9 Å². The lowest BCUT2D eigenvalue weighted by Gasteiger charge is -2.23. The van der Waals surface area contributed by atoms with Crippen molar-refractivity contribution in [1.29, 1.82) is 0 Å². The SMILES string of the molecule is COC(=O)c1ccc(-c2cc(Nc3cccc(N4CCCC4C)n3)c3ncnn3c2)cc1. The third kappa shape index (κ3) is 3.75. The number of hydrogen-bond donors (Lipinski definition) is 1. The molecule has 1 aliphatic heterocycles. The van der Waals surface area contributed by atoms with Crippen LogP contribution in [0, 0.1) is 0 Å². The van der Waals surface area contributed by atoms with Gasteiger partial charge in [0.25, 0.3) is 0 Å². The first-order chi connectivity index (χ1) is 15.6. The van der Waals surface area contributed by atoms with E-state index in [1.807, 2.05) is 36.5 Å². The van der Waals surface area contributed by atoms with Gasteiger partial charge in [-0.1, -0.05) is 18.2 Å². The molecule has 0 saturated carbocycles. The maximum atomic E-state index is 11.7. The fraction of sp³-hybridized carbons (Fsp3) is 0.250. The lowest BCUT2D eigenvalue weighted by Crippen LogP contribution is -2.27. The van der Waals surface area contributed by atoms with Crippen molar-refractivity contribution in [1.82, 2.24) is 19.6 Å². The Hall–Kier alpha value is -3.94. The molecule has 1 N–H and O–H groups in total. The van der Waals surface area contributed by atoms with E-state index in [1.54, 1.807) is 16.6 Å². The monoisotopic (exact) mass is 428 g/mol. The number of pyridine rings is 2. The molecule has 8 heteroatoms. The van der Waals surface area contributed by atoms with E-state index in [9.17, 15) is 4.79 Å². The van der Waals surface area contributed by atoms with Gasteiger partial charge in [-0.15, -0.1) is 0 Å². The quantitative estimate of drug-likeness (QED) is 0.474. The number of nitrogens with zero attached hydrogens (tertiary/aromatic N) is 5. The molecule has 1 saturated heterocycles. The number of hydrogen-bond acceptors (Lipinski definition) is 7. The zero-order valence-electron chi connectivity index (χ0n) is 18.0. The Balaban J connectivity index is 1.48. The summed E-state index contributed by atoms with van der Waals surface area (Å²) in [4.78, 5) is 23.3. The van der Waals surface area contributed by atoms with Gasteiger partial charge in [-0.3, -0.25) is 0 Å². The van der Waals surface area contributed by atoms with Gasteiger partial charge in [-0.2, -0.15) is 5.10 Å². The molecule has 0 amide bonds. The molecule has 4 aromatic rings. The van der Waals surface area contributed by atoms with E-state index in [-0.39, 0.29) is 5.97 Å². The Labute approximate surface area is 185 Å². The number of anilines is 3. The van der Waals surface area contributed by atoms with Crippen LogP contribution in [0.4, 0.5) is 17.3 Å². The third-order valence-corrected chi connectivity index (χ3v) is 5.86. The van der Waals surface area contributed by atoms with Crippen molar-refractivity contribution in [3.05, 3.63) is 66.6 Å². The Morgan fingerprint density at radius 3 is 2.75 bits per heavy atom. The second-order valence-electron chi connectivity index (χ2n) is 7.93. The smallest absolute Gasteiger partial charge is 0.337 e. The van der Waals surface area contributed by atoms with Crippen molar-refractivity contribution in [3.63, 3.8) is 0 Å². The molecule has 1 atom stereocenters. The fourth-order valence-electron chi connectivity index (χ4n) is 4.16. The number of methoxy groups -OCH3 is 1. The highest BCUT2D eigenvalue weighted by Gasteiger charge is 2.21. The van der Waals surface area contributed by atoms with Crippen molar-refractivity contribution >= 4 is 28.9 Å². The molecule has 0 aliphatic carbocycles. The molecule has 5 rings (SSSR count). The highest BCUT2D eigenvalue weighted by Crippen LogP contribution is 2.29. The minimum Gasteiger partial charge on any atom is -0.465 e. The molecule has 162 valence electrons. The van der Waals surface area contributed by atoms with E-state index in [0.717, 1.165) is 35.0 Å². The van der Waals surface area contributed by atoms with Gasteiger partial charge in [0.2, 0.25) is 0 Å². The second-order valence-corrected chi connectivity index (χ2v) is 7.93. The molecule has 1 aliphatic rings. The van der Waals surface area contributed by atoms with Gasteiger partial charge in [-0.05, 0) is 55.7 Å². The van der Waals surface area contributed by atoms with Gasteiger partial charge >= 0.3 is 5.97 Å². The Kier molecular flexibility index (Phi) is 5.18. The van der Waals surface area contributed by atoms with Gasteiger partial charge in [0, 0.05) is 24.3 Å². The molecule has 1 aromatic carbocycles. The number of carbonyl (C=O) groups is 1. The number of fused-ring (bicyclic) bond motifs is 1. The molecule has 0 radical (unpaired) electrons. The largest absolute Gasteiger partial charge is 0.465 e. The number of nitrogens with one attached hydrogen (secondary N) is 1. The maximum absolute atomic E-state index is 11.7. The Morgan fingerprint density at radius 2 is 2.00 bits per heavy atom. The van der Waals surface area contributed by atoms with Gasteiger partial charge in [0.15, 0.2) is 5.65 Å². The summed E-state index contributed by atoms with van der Waals surface area (Å²) in [5, 5.41) is 7.74. The Bertz CT molecular complexity index is 1270. The van der Waals surface area contributed by atoms with Crippen LogP contribution in [-0.2, 0) is 4.74 Å². The molecule has 0 spiro atoms. The Morgan fingerprint density at radius 1 is 1.16 bits per heavy atom. The van der Waals surface area contributed by atoms with Crippen LogP contribution >= 0.6 is 0 Å². The van der Waals surface area contributed by atoms with Gasteiger partial charge < -0.3 is 15.0 Å². The minimum absolute atomic E-state index is 0.357. The van der Waals surface area contributed by atoms with Gasteiger partial charge in [-0.25, -0.2) is 19.3 Å². The lowest BCUT2D eigenvalue weighted by atomic mass is 10.1. The van der Waals surface area contributed by atoms with Crippen molar-refractivity contribution < 1.29 is 9.53 Å². The first kappa shape index (κ1) is 20.0. The number of aromatic nitrogens is 4. The van der Waals surface area contributed by atoms with Crippen LogP contribution in [0.5, 0.6) is 0 Å². The van der Waals surface area contributed by atoms with Crippen LogP contribution in [0.25, 0.3) is 16.8 Å². The zero-order valence-corrected chi connectivity index (χ0v) is 18.0. The molecule has 0 bridgehead atoms. The summed E-state index contributed by atoms with van der Waals surface area (Å²) < 4.78 is 6.52. The van der Waals surface area contributed by atoms with E-state index >= 15 is 0 Å². The summed E-state index contributed by atoms with van der Waals surface area (Å²) in [5.41, 5.74) is 3.91. The maximum Gasteiger partial charge on any atom is 0.337 e. The van der Waals surface area contributed by atoms with Crippen LogP contribution in [-0.4, -0.2) is 45.2 Å². The summed E-state index contributed by atoms with van der Waals surface area (Å²) >= 11 is 0. The summed E-state index contributed by atoms with van der Waals surface area (Å²) in [7, 11) is 1.38. The van der Waals surface area contributed by atoms with E-state index in [2.05, 4.69) is 33.3 Å². The van der Waals surface area contributed by atoms with E-state index in [1.165, 1.54) is 26.3 Å². The molecule has 1 unspecified atom stereocenters. The standard InChI is InChI=1S/C24H24N6O2/c1-16-5-4-12-29(16)22-7-3-6-21(28-22)27-20-13-19(14-30-23(20)25-15-26-30)17-8-10-18(11-9-17)24(31)32-2/h3,6-11,13-16H,4-5,12H2,1-2H3,(H,27,28). The lowest BCUT2D eigenvalue weighted by molar-refractivity contribution is 0.0601. The summed E-state index contributed by atoms with van der Waals surface area (Å²) in [6, 6.07) is 15.8. The van der Waals surface area contributed by atoms with E-state index in [0.29, 0.717) is 17.3 Å². The molecule has 3 aromatic heterocycles. The number of benzene rings is 1. The van der Waals surface area contributed by atoms with Crippen LogP contribution in [0.3, 0.4) is 0 Å². The van der Waals surface area contributed by atoms with Crippen molar-refractivity contribution in [3.8, 4) is 11.1 Å². The highest BCUT2D eigenvalue weighted by molar-refractivity contribution is 5.90. The van der Waals surface area contributed by atoms with Crippen LogP contribution in [0.15, 0.2) is 61.1 Å². The summed E-state index contributed by atoms with van der Waals surface area (Å²) in [5.74, 6) is 1.38. The van der Waals surface area contributed by atoms with E-state index < -0.39 is 0 Å². The fourth-order valence-corrected chi connectivity index (χ4v) is 4.16. The predicted octanol–water partition coefficient (Wildman–Crippen LogP) is 4.31. The first-order valence-corrected chi connectivity index (χ1v) is 10.7. The second kappa shape index (κ2) is 8.30. The number of esters is 1. The topological polar surface area (TPSA) is 84.6 Å². The molecular formula is C24H24N6O2. The van der Waals surface area contributed by atoms with Gasteiger partial charge in [0.05, 0.1) is 18.4 Å². The molecular weight excluding hydrogens is 404 g/mol. The number of ether oxygens (including phenoxy) is 1. The van der Waals surface area contributed by atoms with E-state index in [4.69, 9.17) is 9.72 Å². The number of carbonyl (C=O) groups excluding carboxylic acids is 1. The minimum atomic E-state index is -0.357. The zero-order chi connectivity index (χ0) is 22.1. The predicted molar refractivity (Wildman–Crippen MR) is 123 cm³/mol. The average Bonchev–Trinajstić information content (AvgIpc) is 3.48. The summed E-state index contributed by atoms with van der Waals surface area (Å²) in [6.45, 7) is 3.27. The highest BCUT2D eigenvalue weighted by atomic mass is 16.5. The molecule has 1 fully saturated rings. The molecule has 4 heterocycles. The normalized spacial score (nSPS) is 15.8. The van der Waals surface area contributed by atoms with Crippen LogP contribution in [0.2, 0.25) is 0 Å². The average molecular weight is 428 g/mol. The first-order valence-electron chi connectivity index (χ1n) is 10.7. The molecule has 32 heavy (non-hydrogen) atoms. The number of rotatable bonds is 5.